The minimum Gasteiger partial charge on any atom is -0.497 e. The molecule has 0 bridgehead atoms. The van der Waals surface area contributed by atoms with Gasteiger partial charge in [-0.3, -0.25) is 10.1 Å². The second kappa shape index (κ2) is 7.84. The second-order valence-corrected chi connectivity index (χ2v) is 6.89. The number of halogens is 2. The Morgan fingerprint density at radius 1 is 1.19 bits per heavy atom. The zero-order valence-corrected chi connectivity index (χ0v) is 16.3. The molecule has 0 saturated carbocycles. The van der Waals surface area contributed by atoms with Crippen LogP contribution in [0.5, 0.6) is 11.5 Å². The predicted molar refractivity (Wildman–Crippen MR) is 103 cm³/mol. The average molecular weight is 437 g/mol. The highest BCUT2D eigenvalue weighted by Crippen LogP contribution is 2.35. The van der Waals surface area contributed by atoms with Gasteiger partial charge in [-0.2, -0.15) is 0 Å². The third kappa shape index (κ3) is 3.86. The molecule has 0 aliphatic rings. The van der Waals surface area contributed by atoms with E-state index in [0.717, 1.165) is 5.56 Å². The van der Waals surface area contributed by atoms with Gasteiger partial charge in [0.05, 0.1) is 25.5 Å². The highest BCUT2D eigenvalue weighted by molar-refractivity contribution is 9.10. The van der Waals surface area contributed by atoms with Crippen molar-refractivity contribution in [1.82, 2.24) is 4.98 Å². The third-order valence-electron chi connectivity index (χ3n) is 3.58. The van der Waals surface area contributed by atoms with Crippen LogP contribution in [0, 0.1) is 5.82 Å². The number of thiazole rings is 1. The van der Waals surface area contributed by atoms with Crippen molar-refractivity contribution >= 4 is 38.3 Å². The first kappa shape index (κ1) is 18.3. The maximum atomic E-state index is 13.2. The summed E-state index contributed by atoms with van der Waals surface area (Å²) in [6, 6.07) is 9.28. The lowest BCUT2D eigenvalue weighted by Crippen LogP contribution is -2.12. The second-order valence-electron chi connectivity index (χ2n) is 5.18. The molecular formula is C18H14BrFN2O3S. The van der Waals surface area contributed by atoms with Crippen LogP contribution in [-0.4, -0.2) is 25.1 Å². The first-order chi connectivity index (χ1) is 12.5. The number of carbonyl (C=O) groups excluding carboxylic acids is 1. The summed E-state index contributed by atoms with van der Waals surface area (Å²) in [5.74, 6) is 0.523. The molecule has 0 aliphatic carbocycles. The van der Waals surface area contributed by atoms with Crippen LogP contribution < -0.4 is 14.8 Å². The lowest BCUT2D eigenvalue weighted by Gasteiger charge is -2.08. The Balaban J connectivity index is 1.85. The fraction of sp³-hybridized carbons (Fsp3) is 0.111. The van der Waals surface area contributed by atoms with Gasteiger partial charge >= 0.3 is 0 Å². The van der Waals surface area contributed by atoms with Gasteiger partial charge in [0, 0.05) is 15.4 Å². The molecule has 0 radical (unpaired) electrons. The van der Waals surface area contributed by atoms with Crippen LogP contribution in [0.4, 0.5) is 9.52 Å². The molecule has 0 saturated heterocycles. The molecule has 0 atom stereocenters. The van der Waals surface area contributed by atoms with Gasteiger partial charge in [0.2, 0.25) is 0 Å². The number of nitrogens with one attached hydrogen (secondary N) is 1. The molecule has 1 amide bonds. The fourth-order valence-corrected chi connectivity index (χ4v) is 3.54. The number of ether oxygens (including phenoxy) is 2. The molecule has 134 valence electrons. The zero-order chi connectivity index (χ0) is 18.7. The van der Waals surface area contributed by atoms with Crippen molar-refractivity contribution in [1.29, 1.82) is 0 Å². The first-order valence-electron chi connectivity index (χ1n) is 7.46. The standard InChI is InChI=1S/C18H14BrFN2O3S/c1-24-11-4-6-16(25-2)13(8-11)15-9-26-18(21-15)22-17(23)12-5-3-10(20)7-14(12)19/h3-9H,1-2H3,(H,21,22,23). The van der Waals surface area contributed by atoms with E-state index < -0.39 is 5.82 Å². The van der Waals surface area contributed by atoms with Gasteiger partial charge in [-0.25, -0.2) is 9.37 Å². The zero-order valence-electron chi connectivity index (χ0n) is 13.9. The average Bonchev–Trinajstić information content (AvgIpc) is 3.09. The van der Waals surface area contributed by atoms with E-state index in [-0.39, 0.29) is 5.91 Å². The van der Waals surface area contributed by atoms with Crippen LogP contribution in [0.25, 0.3) is 11.3 Å². The Hall–Kier alpha value is -2.45. The molecular weight excluding hydrogens is 423 g/mol. The number of carbonyl (C=O) groups is 1. The van der Waals surface area contributed by atoms with Crippen LogP contribution in [0.2, 0.25) is 0 Å². The Kier molecular flexibility index (Phi) is 5.53. The van der Waals surface area contributed by atoms with E-state index in [0.29, 0.717) is 32.4 Å². The van der Waals surface area contributed by atoms with Gasteiger partial charge in [-0.1, -0.05) is 0 Å². The molecule has 0 unspecified atom stereocenters. The van der Waals surface area contributed by atoms with E-state index in [4.69, 9.17) is 9.47 Å². The maximum absolute atomic E-state index is 13.2. The molecule has 5 nitrogen and oxygen atoms in total. The molecule has 1 aromatic heterocycles. The summed E-state index contributed by atoms with van der Waals surface area (Å²) in [6.45, 7) is 0. The molecule has 0 fully saturated rings. The monoisotopic (exact) mass is 436 g/mol. The highest BCUT2D eigenvalue weighted by atomic mass is 79.9. The Bertz CT molecular complexity index is 961. The number of rotatable bonds is 5. The molecule has 1 heterocycles. The van der Waals surface area contributed by atoms with E-state index in [1.807, 2.05) is 11.4 Å². The highest BCUT2D eigenvalue weighted by Gasteiger charge is 2.15. The van der Waals surface area contributed by atoms with E-state index >= 15 is 0 Å². The van der Waals surface area contributed by atoms with Crippen molar-refractivity contribution < 1.29 is 18.7 Å². The smallest absolute Gasteiger partial charge is 0.258 e. The molecule has 0 aliphatic heterocycles. The minimum atomic E-state index is -0.421. The van der Waals surface area contributed by atoms with Crippen molar-refractivity contribution in [3.05, 3.63) is 57.6 Å². The summed E-state index contributed by atoms with van der Waals surface area (Å²) >= 11 is 4.47. The summed E-state index contributed by atoms with van der Waals surface area (Å²) in [5.41, 5.74) is 1.73. The van der Waals surface area contributed by atoms with Gasteiger partial charge in [0.25, 0.3) is 5.91 Å². The summed E-state index contributed by atoms with van der Waals surface area (Å²) in [5, 5.41) is 4.95. The number of amides is 1. The number of hydrogen-bond acceptors (Lipinski definition) is 5. The van der Waals surface area contributed by atoms with Crippen molar-refractivity contribution in [3.8, 4) is 22.8 Å². The van der Waals surface area contributed by atoms with Crippen molar-refractivity contribution in [2.45, 2.75) is 0 Å². The predicted octanol–water partition coefficient (Wildman–Crippen LogP) is 4.98. The van der Waals surface area contributed by atoms with Crippen LogP contribution in [0.1, 0.15) is 10.4 Å². The molecule has 3 aromatic rings. The van der Waals surface area contributed by atoms with Crippen molar-refractivity contribution in [3.63, 3.8) is 0 Å². The lowest BCUT2D eigenvalue weighted by molar-refractivity contribution is 0.102. The van der Waals surface area contributed by atoms with Gasteiger partial charge in [0.1, 0.15) is 17.3 Å². The SMILES string of the molecule is COc1ccc(OC)c(-c2csc(NC(=O)c3ccc(F)cc3Br)n2)c1. The number of hydrogen-bond donors (Lipinski definition) is 1. The molecule has 26 heavy (non-hydrogen) atoms. The molecule has 8 heteroatoms. The van der Waals surface area contributed by atoms with Crippen LogP contribution in [0.3, 0.4) is 0 Å². The summed E-state index contributed by atoms with van der Waals surface area (Å²) in [7, 11) is 3.16. The normalized spacial score (nSPS) is 10.5. The van der Waals surface area contributed by atoms with Gasteiger partial charge < -0.3 is 9.47 Å². The molecule has 3 rings (SSSR count). The van der Waals surface area contributed by atoms with Gasteiger partial charge in [-0.05, 0) is 52.3 Å². The van der Waals surface area contributed by atoms with E-state index in [2.05, 4.69) is 26.2 Å². The maximum Gasteiger partial charge on any atom is 0.258 e. The van der Waals surface area contributed by atoms with Crippen LogP contribution >= 0.6 is 27.3 Å². The molecule has 2 aromatic carbocycles. The number of anilines is 1. The van der Waals surface area contributed by atoms with Crippen molar-refractivity contribution in [2.75, 3.05) is 19.5 Å². The quantitative estimate of drug-likeness (QED) is 0.612. The topological polar surface area (TPSA) is 60.5 Å². The van der Waals surface area contributed by atoms with E-state index in [1.165, 1.54) is 29.5 Å². The lowest BCUT2D eigenvalue weighted by atomic mass is 10.1. The van der Waals surface area contributed by atoms with Crippen LogP contribution in [0.15, 0.2) is 46.3 Å². The Morgan fingerprint density at radius 2 is 2.00 bits per heavy atom. The fourth-order valence-electron chi connectivity index (χ4n) is 2.31. The summed E-state index contributed by atoms with van der Waals surface area (Å²) in [6.07, 6.45) is 0. The van der Waals surface area contributed by atoms with E-state index in [9.17, 15) is 9.18 Å². The summed E-state index contributed by atoms with van der Waals surface area (Å²) < 4.78 is 24.2. The largest absolute Gasteiger partial charge is 0.497 e. The van der Waals surface area contributed by atoms with Crippen molar-refractivity contribution in [2.24, 2.45) is 0 Å². The first-order valence-corrected chi connectivity index (χ1v) is 9.13. The number of methoxy groups -OCH3 is 2. The van der Waals surface area contributed by atoms with Gasteiger partial charge in [-0.15, -0.1) is 11.3 Å². The molecule has 1 N–H and O–H groups in total. The Morgan fingerprint density at radius 3 is 2.69 bits per heavy atom. The van der Waals surface area contributed by atoms with Gasteiger partial charge in [0.15, 0.2) is 5.13 Å². The van der Waals surface area contributed by atoms with Crippen LogP contribution in [-0.2, 0) is 0 Å². The summed E-state index contributed by atoms with van der Waals surface area (Å²) in [4.78, 5) is 16.8. The van der Waals surface area contributed by atoms with E-state index in [1.54, 1.807) is 26.4 Å². The molecule has 0 spiro atoms. The number of nitrogens with zero attached hydrogens (tertiary/aromatic N) is 1. The minimum absolute atomic E-state index is 0.321. The third-order valence-corrected chi connectivity index (χ3v) is 5.00. The number of aromatic nitrogens is 1. The Labute approximate surface area is 161 Å². The number of benzene rings is 2.